The highest BCUT2D eigenvalue weighted by atomic mass is 32.2. The number of hydrogen-bond acceptors (Lipinski definition) is 4. The summed E-state index contributed by atoms with van der Waals surface area (Å²) in [5.41, 5.74) is 12.5. The monoisotopic (exact) mass is 209 g/mol. The second kappa shape index (κ2) is 3.53. The van der Waals surface area contributed by atoms with Crippen molar-refractivity contribution in [3.8, 4) is 0 Å². The third-order valence-corrected chi connectivity index (χ3v) is 3.33. The molecule has 76 valence electrons. The molecule has 0 saturated heterocycles. The normalized spacial score (nSPS) is 35.2. The van der Waals surface area contributed by atoms with Gasteiger partial charge in [-0.05, 0) is 18.6 Å². The first-order valence-corrected chi connectivity index (χ1v) is 5.72. The van der Waals surface area contributed by atoms with Crippen molar-refractivity contribution in [1.29, 1.82) is 0 Å². The lowest BCUT2D eigenvalue weighted by molar-refractivity contribution is 0.580. The lowest BCUT2D eigenvalue weighted by Gasteiger charge is -2.25. The zero-order chi connectivity index (χ0) is 10.2. The van der Waals surface area contributed by atoms with Gasteiger partial charge in [0, 0.05) is 4.91 Å². The van der Waals surface area contributed by atoms with Crippen LogP contribution in [0.2, 0.25) is 0 Å². The van der Waals surface area contributed by atoms with Gasteiger partial charge in [0.1, 0.15) is 5.50 Å². The van der Waals surface area contributed by atoms with E-state index in [0.29, 0.717) is 0 Å². The van der Waals surface area contributed by atoms with Gasteiger partial charge >= 0.3 is 0 Å². The summed E-state index contributed by atoms with van der Waals surface area (Å²) >= 11 is 1.58. The van der Waals surface area contributed by atoms with E-state index in [1.165, 1.54) is 0 Å². The number of nitrogens with two attached hydrogens (primary N) is 2. The number of hydrogen-bond donors (Lipinski definition) is 2. The molecular weight excluding hydrogens is 194 g/mol. The molecule has 1 aliphatic heterocycles. The molecule has 2 rings (SSSR count). The van der Waals surface area contributed by atoms with Crippen molar-refractivity contribution in [2.24, 2.45) is 16.5 Å². The molecule has 0 aromatic rings. The van der Waals surface area contributed by atoms with Crippen molar-refractivity contribution >= 4 is 17.5 Å². The average molecular weight is 209 g/mol. The first-order chi connectivity index (χ1) is 6.63. The zero-order valence-electron chi connectivity index (χ0n) is 8.23. The van der Waals surface area contributed by atoms with E-state index in [1.54, 1.807) is 11.8 Å². The van der Waals surface area contributed by atoms with Crippen LogP contribution in [0.15, 0.2) is 28.1 Å². The van der Waals surface area contributed by atoms with Gasteiger partial charge in [-0.1, -0.05) is 31.2 Å². The Bertz CT molecular complexity index is 332. The third-order valence-electron chi connectivity index (χ3n) is 2.40. The minimum absolute atomic E-state index is 0.148. The Kier molecular flexibility index (Phi) is 2.51. The van der Waals surface area contributed by atoms with Crippen molar-refractivity contribution < 1.29 is 0 Å². The molecule has 0 spiro atoms. The summed E-state index contributed by atoms with van der Waals surface area (Å²) in [6, 6.07) is 0. The highest BCUT2D eigenvalue weighted by Gasteiger charge is 2.28. The molecule has 2 atom stereocenters. The maximum absolute atomic E-state index is 6.20. The van der Waals surface area contributed by atoms with Crippen LogP contribution in [-0.4, -0.2) is 16.7 Å². The van der Waals surface area contributed by atoms with Crippen molar-refractivity contribution in [2.75, 3.05) is 0 Å². The first-order valence-electron chi connectivity index (χ1n) is 4.84. The molecule has 2 aliphatic rings. The third kappa shape index (κ3) is 1.78. The predicted octanol–water partition coefficient (Wildman–Crippen LogP) is 1.37. The largest absolute Gasteiger partial charge is 0.319 e. The zero-order valence-corrected chi connectivity index (χ0v) is 9.05. The van der Waals surface area contributed by atoms with E-state index in [-0.39, 0.29) is 11.0 Å². The van der Waals surface area contributed by atoms with Gasteiger partial charge in [0.25, 0.3) is 0 Å². The summed E-state index contributed by atoms with van der Waals surface area (Å²) in [5, 5.41) is 0. The Morgan fingerprint density at radius 2 is 2.43 bits per heavy atom. The fourth-order valence-electron chi connectivity index (χ4n) is 1.77. The molecular formula is C10H15N3S. The Hall–Kier alpha value is -0.580. The molecule has 2 unspecified atom stereocenters. The number of rotatable bonds is 2. The van der Waals surface area contributed by atoms with Gasteiger partial charge in [-0.3, -0.25) is 4.99 Å². The molecule has 0 aromatic carbocycles. The second-order valence-corrected chi connectivity index (χ2v) is 4.89. The first kappa shape index (κ1) is 9.96. The highest BCUT2D eigenvalue weighted by Crippen LogP contribution is 2.34. The molecule has 0 aromatic heterocycles. The average Bonchev–Trinajstić information content (AvgIpc) is 2.44. The van der Waals surface area contributed by atoms with Gasteiger partial charge < -0.3 is 11.5 Å². The van der Waals surface area contributed by atoms with Crippen LogP contribution in [0.3, 0.4) is 0 Å². The molecule has 4 N–H and O–H groups in total. The maximum atomic E-state index is 6.20. The van der Waals surface area contributed by atoms with Crippen LogP contribution < -0.4 is 11.5 Å². The lowest BCUT2D eigenvalue weighted by Crippen LogP contribution is -2.37. The Morgan fingerprint density at radius 1 is 1.64 bits per heavy atom. The predicted molar refractivity (Wildman–Crippen MR) is 62.1 cm³/mol. The van der Waals surface area contributed by atoms with Crippen LogP contribution >= 0.6 is 11.8 Å². The SMILES string of the molecule is CCCC1(N)C=CC2=NC(N)SC2=C1. The second-order valence-electron chi connectivity index (χ2n) is 3.73. The van der Waals surface area contributed by atoms with E-state index in [1.807, 2.05) is 12.2 Å². The van der Waals surface area contributed by atoms with Gasteiger partial charge in [0.2, 0.25) is 0 Å². The summed E-state index contributed by atoms with van der Waals surface area (Å²) in [4.78, 5) is 5.42. The van der Waals surface area contributed by atoms with Crippen LogP contribution in [0.5, 0.6) is 0 Å². The van der Waals surface area contributed by atoms with Crippen LogP contribution in [-0.2, 0) is 0 Å². The molecule has 1 aliphatic carbocycles. The molecule has 0 bridgehead atoms. The van der Waals surface area contributed by atoms with Crippen LogP contribution in [0.25, 0.3) is 0 Å². The van der Waals surface area contributed by atoms with Crippen molar-refractivity contribution in [3.63, 3.8) is 0 Å². The smallest absolute Gasteiger partial charge is 0.149 e. The van der Waals surface area contributed by atoms with E-state index in [4.69, 9.17) is 11.5 Å². The molecule has 1 heterocycles. The maximum Gasteiger partial charge on any atom is 0.149 e. The number of aliphatic imine (C=N–C) groups is 1. The molecule has 0 radical (unpaired) electrons. The topological polar surface area (TPSA) is 64.4 Å². The van der Waals surface area contributed by atoms with Crippen LogP contribution in [0.4, 0.5) is 0 Å². The number of allylic oxidation sites excluding steroid dienone is 2. The molecule has 0 amide bonds. The summed E-state index contributed by atoms with van der Waals surface area (Å²) in [6.07, 6.45) is 8.15. The van der Waals surface area contributed by atoms with E-state index in [0.717, 1.165) is 23.5 Å². The lowest BCUT2D eigenvalue weighted by atomic mass is 9.90. The standard InChI is InChI=1S/C10H15N3S/c1-2-4-10(12)5-3-7-8(6-10)14-9(11)13-7/h3,5-6,9H,2,4,11-12H2,1H3. The van der Waals surface area contributed by atoms with E-state index < -0.39 is 0 Å². The fourth-order valence-corrected chi connectivity index (χ4v) is 2.72. The quantitative estimate of drug-likeness (QED) is 0.722. The Morgan fingerprint density at radius 3 is 3.14 bits per heavy atom. The fraction of sp³-hybridized carbons (Fsp3) is 0.500. The van der Waals surface area contributed by atoms with E-state index in [2.05, 4.69) is 18.0 Å². The minimum atomic E-state index is -0.292. The molecule has 4 heteroatoms. The number of fused-ring (bicyclic) bond motifs is 1. The van der Waals surface area contributed by atoms with Gasteiger partial charge in [-0.2, -0.15) is 0 Å². The molecule has 14 heavy (non-hydrogen) atoms. The minimum Gasteiger partial charge on any atom is -0.319 e. The number of thioether (sulfide) groups is 1. The Balaban J connectivity index is 2.24. The Labute approximate surface area is 88.3 Å². The van der Waals surface area contributed by atoms with Gasteiger partial charge in [0.05, 0.1) is 11.3 Å². The van der Waals surface area contributed by atoms with Gasteiger partial charge in [0.15, 0.2) is 0 Å². The van der Waals surface area contributed by atoms with Crippen molar-refractivity contribution in [2.45, 2.75) is 30.8 Å². The number of nitrogens with zero attached hydrogens (tertiary/aromatic N) is 1. The summed E-state index contributed by atoms with van der Waals surface area (Å²) in [6.45, 7) is 2.14. The van der Waals surface area contributed by atoms with E-state index in [9.17, 15) is 0 Å². The van der Waals surface area contributed by atoms with Crippen LogP contribution in [0, 0.1) is 0 Å². The summed E-state index contributed by atoms with van der Waals surface area (Å²) < 4.78 is 0. The highest BCUT2D eigenvalue weighted by molar-refractivity contribution is 8.05. The van der Waals surface area contributed by atoms with Crippen molar-refractivity contribution in [3.05, 3.63) is 23.1 Å². The molecule has 0 fully saturated rings. The molecule has 0 saturated carbocycles. The van der Waals surface area contributed by atoms with Gasteiger partial charge in [-0.15, -0.1) is 0 Å². The van der Waals surface area contributed by atoms with Crippen molar-refractivity contribution in [1.82, 2.24) is 0 Å². The van der Waals surface area contributed by atoms with Crippen LogP contribution in [0.1, 0.15) is 19.8 Å². The van der Waals surface area contributed by atoms with E-state index >= 15 is 0 Å². The summed E-state index contributed by atoms with van der Waals surface area (Å²) in [7, 11) is 0. The molecule has 3 nitrogen and oxygen atoms in total. The van der Waals surface area contributed by atoms with Gasteiger partial charge in [-0.25, -0.2) is 0 Å². The summed E-state index contributed by atoms with van der Waals surface area (Å²) in [5.74, 6) is 0.